The summed E-state index contributed by atoms with van der Waals surface area (Å²) in [4.78, 5) is 57.8. The number of carbonyl (C=O) groups is 4. The van der Waals surface area contributed by atoms with Gasteiger partial charge >= 0.3 is 48.6 Å². The minimum Gasteiger partial charge on any atom is -0.478 e. The van der Waals surface area contributed by atoms with Gasteiger partial charge in [0.05, 0.1) is 35.5 Å². The van der Waals surface area contributed by atoms with Crippen molar-refractivity contribution >= 4 is 79.1 Å². The highest BCUT2D eigenvalue weighted by Gasteiger charge is 2.38. The molecule has 0 bridgehead atoms. The number of carboxylic acid groups (broad SMARTS) is 2. The Balaban J connectivity index is 0.000000200. The molecule has 3 aliphatic rings. The molecule has 34 heteroatoms. The maximum Gasteiger partial charge on any atom is 0.416 e. The molecule has 132 heavy (non-hydrogen) atoms. The third-order valence-electron chi connectivity index (χ3n) is 22.7. The lowest BCUT2D eigenvalue weighted by molar-refractivity contribution is -0.465. The summed E-state index contributed by atoms with van der Waals surface area (Å²) in [6.07, 6.45) is -12.1. The standard InChI is InChI=1S/2C29H32F3NO3S.C27H28F3NO3S.C13H9F3O2S.H2O3.H3P/c2*1-5-35-27(34)28(3,4)36-24-11-8-20-12-14-33(15-13-22(20)16-24)17-26-19(2)25(18-37-26)21-6-9-23(10-7-21)29(30,31)32;1-17-23(19-4-7-21(8-5-19)27(28,29)30)16-35-24(17)15-31-12-10-18-6-9-22(14-20(18)11-13-31)34-26(2,3)25(32)33;1-7-10(6-19-11(7)12(17)18)8-2-4-9(5-3-8)13(14,15)16;1-3-2;/h2*6-11,16,18H,5,12-15,17H2,1-4H3;4-9,14,16H,10-13,15H2,1-3H3,(H,32,33);2-6H,1H3,(H,17,18);1-2H;1H3. The molecular weight excluding hydrogens is 1830 g/mol. The van der Waals surface area contributed by atoms with Crippen LogP contribution in [-0.2, 0) is 112 Å². The summed E-state index contributed by atoms with van der Waals surface area (Å²) in [5.74, 6) is -0.960. The van der Waals surface area contributed by atoms with E-state index >= 15 is 0 Å². The topological polar surface area (TPSA) is 214 Å². The number of esters is 2. The van der Waals surface area contributed by atoms with Gasteiger partial charge in [0.15, 0.2) is 16.8 Å². The lowest BCUT2D eigenvalue weighted by atomic mass is 10.0. The van der Waals surface area contributed by atoms with Crippen molar-refractivity contribution in [2.24, 2.45) is 0 Å². The van der Waals surface area contributed by atoms with E-state index < -0.39 is 87.6 Å². The van der Waals surface area contributed by atoms with Crippen LogP contribution < -0.4 is 14.2 Å². The zero-order valence-electron chi connectivity index (χ0n) is 74.9. The van der Waals surface area contributed by atoms with Gasteiger partial charge in [0.25, 0.3) is 0 Å². The maximum atomic E-state index is 12.9. The van der Waals surface area contributed by atoms with Gasteiger partial charge in [0, 0.05) is 73.5 Å². The summed E-state index contributed by atoms with van der Waals surface area (Å²) in [6, 6.07) is 38.6. The SMILES string of the molecule is CCOC(=O)C(C)(C)Oc1ccc2c(c1)CCN(Cc1scc(-c3ccc(C(F)(F)F)cc3)c1C)CC2.CCOC(=O)C(C)(C)Oc1ccc2c(c1)CCN(Cc1scc(-c3ccc(C(F)(F)F)cc3)c1C)CC2.Cc1c(-c2ccc(C(F)(F)F)cc2)csc1C(=O)O.Cc1c(-c2ccc(C(F)(F)F)cc2)csc1CN1CCc2ccc(OC(C)(C)C(=O)O)cc2CC1.OOO.P. The lowest BCUT2D eigenvalue weighted by Gasteiger charge is -2.24. The van der Waals surface area contributed by atoms with Crippen LogP contribution >= 0.6 is 55.2 Å². The quantitative estimate of drug-likeness (QED) is 0.0163. The Morgan fingerprint density at radius 1 is 0.348 bits per heavy atom. The summed E-state index contributed by atoms with van der Waals surface area (Å²) in [7, 11) is 0. The van der Waals surface area contributed by atoms with Gasteiger partial charge in [-0.3, -0.25) is 14.7 Å². The molecule has 0 fully saturated rings. The molecule has 11 aromatic rings. The first kappa shape index (κ1) is 106. The number of halogens is 12. The van der Waals surface area contributed by atoms with Crippen LogP contribution in [0.3, 0.4) is 0 Å². The summed E-state index contributed by atoms with van der Waals surface area (Å²) in [5.41, 5.74) is 11.8. The Kier molecular flexibility index (Phi) is 36.3. The highest BCUT2D eigenvalue weighted by Crippen LogP contribution is 2.42. The molecule has 0 aliphatic carbocycles. The molecule has 1 unspecified atom stereocenters. The van der Waals surface area contributed by atoms with Crippen LogP contribution in [0.4, 0.5) is 52.7 Å². The van der Waals surface area contributed by atoms with Crippen molar-refractivity contribution in [3.05, 3.63) is 271 Å². The van der Waals surface area contributed by atoms with Crippen LogP contribution in [0.5, 0.6) is 17.2 Å². The molecule has 4 N–H and O–H groups in total. The molecular formula is C98H106F12N3O14PS4. The molecule has 7 aromatic carbocycles. The Bertz CT molecular complexity index is 5530. The number of carbonyl (C=O) groups excluding carboxylic acids is 2. The highest BCUT2D eigenvalue weighted by atomic mass is 32.1. The first-order valence-corrected chi connectivity index (χ1v) is 45.5. The molecule has 0 amide bonds. The highest BCUT2D eigenvalue weighted by molar-refractivity contribution is 7.12. The molecule has 0 spiro atoms. The van der Waals surface area contributed by atoms with Crippen LogP contribution in [0.25, 0.3) is 44.5 Å². The molecule has 0 saturated heterocycles. The van der Waals surface area contributed by atoms with Crippen LogP contribution in [0, 0.1) is 27.7 Å². The average Bonchev–Trinajstić information content (AvgIpc) is 1.68. The second kappa shape index (κ2) is 45.3. The minimum atomic E-state index is -4.37. The molecule has 4 aromatic heterocycles. The number of carboxylic acids is 2. The number of benzene rings is 7. The van der Waals surface area contributed by atoms with Crippen LogP contribution in [0.1, 0.15) is 158 Å². The van der Waals surface area contributed by atoms with Gasteiger partial charge in [-0.05, 0) is 328 Å². The monoisotopic (exact) mass is 1940 g/mol. The predicted molar refractivity (Wildman–Crippen MR) is 495 cm³/mol. The largest absolute Gasteiger partial charge is 0.478 e. The molecule has 7 heterocycles. The van der Waals surface area contributed by atoms with Crippen LogP contribution in [0.15, 0.2) is 173 Å². The molecule has 1 atom stereocenters. The van der Waals surface area contributed by atoms with E-state index in [1.807, 2.05) is 79.4 Å². The summed E-state index contributed by atoms with van der Waals surface area (Å²) in [5, 5.41) is 41.5. The Hall–Kier alpha value is -10.0. The Morgan fingerprint density at radius 2 is 0.583 bits per heavy atom. The van der Waals surface area contributed by atoms with Gasteiger partial charge < -0.3 is 33.9 Å². The number of aliphatic carboxylic acids is 1. The van der Waals surface area contributed by atoms with E-state index in [9.17, 15) is 77.0 Å². The Labute approximate surface area is 778 Å². The number of rotatable bonds is 22. The normalized spacial score (nSPS) is 14.0. The Morgan fingerprint density at radius 3 is 0.811 bits per heavy atom. The summed E-state index contributed by atoms with van der Waals surface area (Å²) >= 11 is 6.01. The van der Waals surface area contributed by atoms with Gasteiger partial charge in [0.2, 0.25) is 0 Å². The third-order valence-corrected chi connectivity index (χ3v) is 27.0. The number of fused-ring (bicyclic) bond motifs is 3. The molecule has 0 saturated carbocycles. The fraction of sp³-hybridized carbons (Fsp3) is 0.367. The molecule has 17 nitrogen and oxygen atoms in total. The van der Waals surface area contributed by atoms with Crippen molar-refractivity contribution < 1.29 is 121 Å². The predicted octanol–water partition coefficient (Wildman–Crippen LogP) is 25.2. The number of ether oxygens (including phenoxy) is 5. The van der Waals surface area contributed by atoms with E-state index in [0.717, 1.165) is 207 Å². The fourth-order valence-corrected chi connectivity index (χ4v) is 19.4. The van der Waals surface area contributed by atoms with Crippen LogP contribution in [0.2, 0.25) is 0 Å². The van der Waals surface area contributed by atoms with Crippen molar-refractivity contribution in [3.8, 4) is 61.8 Å². The molecule has 710 valence electrons. The smallest absolute Gasteiger partial charge is 0.416 e. The van der Waals surface area contributed by atoms with E-state index in [4.69, 9.17) is 39.3 Å². The van der Waals surface area contributed by atoms with E-state index in [2.05, 4.69) is 31.9 Å². The number of hydrogen-bond donors (Lipinski definition) is 4. The summed E-state index contributed by atoms with van der Waals surface area (Å²) < 4.78 is 181. The van der Waals surface area contributed by atoms with Gasteiger partial charge in [-0.15, -0.1) is 45.3 Å². The van der Waals surface area contributed by atoms with E-state index in [0.29, 0.717) is 47.2 Å². The average molecular weight is 1940 g/mol. The number of alkyl halides is 12. The third kappa shape index (κ3) is 28.1. The zero-order valence-corrected chi connectivity index (χ0v) is 79.5. The van der Waals surface area contributed by atoms with Gasteiger partial charge in [0.1, 0.15) is 22.1 Å². The van der Waals surface area contributed by atoms with Crippen molar-refractivity contribution in [2.75, 3.05) is 52.5 Å². The van der Waals surface area contributed by atoms with Gasteiger partial charge in [-0.1, -0.05) is 71.8 Å². The van der Waals surface area contributed by atoms with Crippen molar-refractivity contribution in [1.82, 2.24) is 14.7 Å². The molecule has 0 radical (unpaired) electrons. The second-order valence-electron chi connectivity index (χ2n) is 33.1. The lowest BCUT2D eigenvalue weighted by Crippen LogP contribution is -2.39. The first-order chi connectivity index (χ1) is 61.6. The fourth-order valence-electron chi connectivity index (χ4n) is 15.1. The maximum absolute atomic E-state index is 12.9. The zero-order chi connectivity index (χ0) is 95.9. The first-order valence-electron chi connectivity index (χ1n) is 42.0. The van der Waals surface area contributed by atoms with E-state index in [-0.39, 0.29) is 14.8 Å². The molecule has 3 aliphatic heterocycles. The second-order valence-corrected chi connectivity index (χ2v) is 36.9. The number of thiophene rings is 4. The number of nitrogens with zero attached hydrogens (tertiary/aromatic N) is 3. The van der Waals surface area contributed by atoms with Gasteiger partial charge in [-0.25, -0.2) is 29.7 Å². The van der Waals surface area contributed by atoms with Crippen LogP contribution in [-0.4, -0.2) is 129 Å². The van der Waals surface area contributed by atoms with Gasteiger partial charge in [-0.2, -0.15) is 62.6 Å². The van der Waals surface area contributed by atoms with E-state index in [1.165, 1.54) is 86.1 Å². The van der Waals surface area contributed by atoms with E-state index in [1.54, 1.807) is 112 Å². The minimum absolute atomic E-state index is 0. The number of hydrogen-bond acceptors (Lipinski definition) is 19. The van der Waals surface area contributed by atoms with Crippen molar-refractivity contribution in [1.29, 1.82) is 0 Å². The molecule has 14 rings (SSSR count). The summed E-state index contributed by atoms with van der Waals surface area (Å²) in [6.45, 7) is 29.5. The van der Waals surface area contributed by atoms with Crippen molar-refractivity contribution in [2.45, 2.75) is 183 Å². The number of aromatic carboxylic acids is 1. The van der Waals surface area contributed by atoms with Crippen molar-refractivity contribution in [3.63, 3.8) is 0 Å².